The summed E-state index contributed by atoms with van der Waals surface area (Å²) < 4.78 is 12.1. The number of non-ortho nitro benzene ring substituents is 1. The molecular formula is C30H24ClN3O5. The predicted molar refractivity (Wildman–Crippen MR) is 147 cm³/mol. The fourth-order valence-electron chi connectivity index (χ4n) is 5.34. The summed E-state index contributed by atoms with van der Waals surface area (Å²) in [4.78, 5) is 28.6. The van der Waals surface area contributed by atoms with Gasteiger partial charge in [0.05, 0.1) is 4.92 Å². The first-order chi connectivity index (χ1) is 18.9. The number of ether oxygens (including phenoxy) is 2. The number of hydrogen-bond acceptors (Lipinski definition) is 7. The fourth-order valence-corrected chi connectivity index (χ4v) is 5.47. The molecular weight excluding hydrogens is 518 g/mol. The Balaban J connectivity index is 1.39. The molecule has 1 aliphatic carbocycles. The lowest BCUT2D eigenvalue weighted by Gasteiger charge is -2.31. The number of halogens is 1. The zero-order valence-electron chi connectivity index (χ0n) is 20.9. The zero-order valence-corrected chi connectivity index (χ0v) is 21.6. The van der Waals surface area contributed by atoms with Crippen LogP contribution in [0.25, 0.3) is 0 Å². The molecule has 0 saturated heterocycles. The summed E-state index contributed by atoms with van der Waals surface area (Å²) in [6, 6.07) is 18.5. The van der Waals surface area contributed by atoms with Crippen LogP contribution in [0, 0.1) is 10.1 Å². The molecule has 2 N–H and O–H groups in total. The number of benzene rings is 3. The van der Waals surface area contributed by atoms with Gasteiger partial charge in [0.2, 0.25) is 5.88 Å². The van der Waals surface area contributed by atoms with Gasteiger partial charge in [0.1, 0.15) is 11.5 Å². The lowest BCUT2D eigenvalue weighted by atomic mass is 9.80. The molecule has 0 amide bonds. The van der Waals surface area contributed by atoms with E-state index in [9.17, 15) is 14.9 Å². The van der Waals surface area contributed by atoms with Crippen molar-refractivity contribution in [3.05, 3.63) is 115 Å². The molecule has 0 spiro atoms. The Bertz CT molecular complexity index is 1620. The van der Waals surface area contributed by atoms with Crippen molar-refractivity contribution < 1.29 is 19.2 Å². The highest BCUT2D eigenvalue weighted by atomic mass is 35.5. The summed E-state index contributed by atoms with van der Waals surface area (Å²) in [5.74, 6) is 0.729. The summed E-state index contributed by atoms with van der Waals surface area (Å²) >= 11 is 5.92. The molecule has 0 fully saturated rings. The van der Waals surface area contributed by atoms with Crippen LogP contribution in [0.3, 0.4) is 0 Å². The largest absolute Gasteiger partial charge is 0.485 e. The average Bonchev–Trinajstić information content (AvgIpc) is 2.95. The van der Waals surface area contributed by atoms with E-state index in [0.29, 0.717) is 39.2 Å². The minimum atomic E-state index is -0.423. The number of ketones is 1. The molecule has 0 radical (unpaired) electrons. The number of carbonyl (C=O) groups is 1. The van der Waals surface area contributed by atoms with Gasteiger partial charge in [-0.3, -0.25) is 14.9 Å². The maximum absolute atomic E-state index is 12.6. The monoisotopic (exact) mass is 541 g/mol. The molecule has 0 saturated carbocycles. The van der Waals surface area contributed by atoms with E-state index in [2.05, 4.69) is 0 Å². The van der Waals surface area contributed by atoms with Crippen molar-refractivity contribution in [2.75, 3.05) is 12.3 Å². The standard InChI is InChI=1S/C30H24ClN3O5/c31-19-10-8-17(9-11-19)25(35)16-38-21-12-13-23-26(15-21)39-30-28(29(32)22-6-1-2-7-24(22)33-30)27(23)18-4-3-5-20(14-18)34(36)37/h3-5,8-15,27H,1-2,6-7,16H2,(H2,32,33). The highest BCUT2D eigenvalue weighted by Crippen LogP contribution is 2.51. The van der Waals surface area contributed by atoms with Crippen LogP contribution in [0.4, 0.5) is 11.4 Å². The fraction of sp³-hybridized carbons (Fsp3) is 0.200. The second kappa shape index (κ2) is 10.0. The van der Waals surface area contributed by atoms with E-state index in [0.717, 1.165) is 48.1 Å². The molecule has 1 aromatic heterocycles. The third-order valence-electron chi connectivity index (χ3n) is 7.26. The van der Waals surface area contributed by atoms with Crippen LogP contribution in [0.2, 0.25) is 5.02 Å². The highest BCUT2D eigenvalue weighted by molar-refractivity contribution is 6.30. The number of nitrogen functional groups attached to an aromatic ring is 1. The molecule has 4 aromatic rings. The summed E-state index contributed by atoms with van der Waals surface area (Å²) in [6.45, 7) is -0.163. The second-order valence-corrected chi connectivity index (χ2v) is 10.1. The summed E-state index contributed by atoms with van der Waals surface area (Å²) in [6.07, 6.45) is 3.72. The van der Waals surface area contributed by atoms with Crippen LogP contribution < -0.4 is 15.2 Å². The van der Waals surface area contributed by atoms with Gasteiger partial charge in [0, 0.05) is 57.2 Å². The lowest BCUT2D eigenvalue weighted by Crippen LogP contribution is -2.19. The van der Waals surface area contributed by atoms with E-state index in [-0.39, 0.29) is 18.1 Å². The molecule has 0 bridgehead atoms. The Kier molecular flexibility index (Phi) is 6.40. The quantitative estimate of drug-likeness (QED) is 0.145. The number of anilines is 1. The highest BCUT2D eigenvalue weighted by Gasteiger charge is 2.35. The number of hydrogen-bond donors (Lipinski definition) is 1. The molecule has 6 rings (SSSR count). The Morgan fingerprint density at radius 1 is 1.10 bits per heavy atom. The number of nitrogens with two attached hydrogens (primary N) is 1. The number of aromatic nitrogens is 1. The Labute approximate surface area is 229 Å². The van der Waals surface area contributed by atoms with E-state index >= 15 is 0 Å². The molecule has 196 valence electrons. The van der Waals surface area contributed by atoms with E-state index in [1.165, 1.54) is 6.07 Å². The van der Waals surface area contributed by atoms with Crippen molar-refractivity contribution in [2.45, 2.75) is 31.6 Å². The SMILES string of the molecule is Nc1c2c(nc3c1C(c1cccc([N+](=O)[O-])c1)c1ccc(OCC(=O)c4ccc(Cl)cc4)cc1O3)CCCC2. The van der Waals surface area contributed by atoms with E-state index in [4.69, 9.17) is 31.8 Å². The van der Waals surface area contributed by atoms with Crippen molar-refractivity contribution in [1.82, 2.24) is 4.98 Å². The van der Waals surface area contributed by atoms with Gasteiger partial charge in [-0.1, -0.05) is 29.8 Å². The first kappa shape index (κ1) is 24.9. The lowest BCUT2D eigenvalue weighted by molar-refractivity contribution is -0.384. The van der Waals surface area contributed by atoms with Gasteiger partial charge in [0.25, 0.3) is 5.69 Å². The third-order valence-corrected chi connectivity index (χ3v) is 7.51. The van der Waals surface area contributed by atoms with Gasteiger partial charge in [-0.15, -0.1) is 0 Å². The molecule has 1 aliphatic heterocycles. The number of aryl methyl sites for hydroxylation is 1. The molecule has 3 aromatic carbocycles. The van der Waals surface area contributed by atoms with Crippen molar-refractivity contribution in [2.24, 2.45) is 0 Å². The smallest absolute Gasteiger partial charge is 0.269 e. The maximum Gasteiger partial charge on any atom is 0.269 e. The first-order valence-corrected chi connectivity index (χ1v) is 13.1. The summed E-state index contributed by atoms with van der Waals surface area (Å²) in [5, 5.41) is 12.1. The average molecular weight is 542 g/mol. The molecule has 39 heavy (non-hydrogen) atoms. The number of nitro benzene ring substituents is 1. The third kappa shape index (κ3) is 4.68. The number of nitro groups is 1. The molecule has 1 atom stereocenters. The van der Waals surface area contributed by atoms with Crippen LogP contribution in [0.1, 0.15) is 57.1 Å². The van der Waals surface area contributed by atoms with Crippen LogP contribution >= 0.6 is 11.6 Å². The van der Waals surface area contributed by atoms with Gasteiger partial charge in [0.15, 0.2) is 12.4 Å². The van der Waals surface area contributed by atoms with Crippen LogP contribution in [-0.2, 0) is 12.8 Å². The Morgan fingerprint density at radius 3 is 2.69 bits per heavy atom. The first-order valence-electron chi connectivity index (χ1n) is 12.7. The van der Waals surface area contributed by atoms with Crippen molar-refractivity contribution >= 4 is 28.8 Å². The number of fused-ring (bicyclic) bond motifs is 3. The van der Waals surface area contributed by atoms with Crippen molar-refractivity contribution in [1.29, 1.82) is 0 Å². The number of carbonyl (C=O) groups excluding carboxylic acids is 1. The van der Waals surface area contributed by atoms with Crippen LogP contribution in [0.15, 0.2) is 66.7 Å². The topological polar surface area (TPSA) is 118 Å². The van der Waals surface area contributed by atoms with Gasteiger partial charge in [-0.25, -0.2) is 4.98 Å². The van der Waals surface area contributed by atoms with Gasteiger partial charge in [-0.05, 0) is 67.1 Å². The normalized spacial score (nSPS) is 15.4. The minimum absolute atomic E-state index is 0.00718. The Hall–Kier alpha value is -4.43. The summed E-state index contributed by atoms with van der Waals surface area (Å²) in [7, 11) is 0. The molecule has 1 unspecified atom stereocenters. The predicted octanol–water partition coefficient (Wildman–Crippen LogP) is 6.65. The maximum atomic E-state index is 12.6. The number of nitrogens with zero attached hydrogens (tertiary/aromatic N) is 2. The molecule has 2 aliphatic rings. The minimum Gasteiger partial charge on any atom is -0.485 e. The number of pyridine rings is 1. The second-order valence-electron chi connectivity index (χ2n) is 9.68. The van der Waals surface area contributed by atoms with Crippen LogP contribution in [0.5, 0.6) is 17.4 Å². The molecule has 9 heteroatoms. The number of rotatable bonds is 6. The Morgan fingerprint density at radius 2 is 1.90 bits per heavy atom. The van der Waals surface area contributed by atoms with E-state index in [1.807, 2.05) is 12.1 Å². The molecule has 8 nitrogen and oxygen atoms in total. The summed E-state index contributed by atoms with van der Waals surface area (Å²) in [5.41, 5.74) is 12.1. The van der Waals surface area contributed by atoms with Crippen molar-refractivity contribution in [3.8, 4) is 17.4 Å². The zero-order chi connectivity index (χ0) is 27.1. The van der Waals surface area contributed by atoms with E-state index in [1.54, 1.807) is 48.5 Å². The number of Topliss-reactive ketones (excluding diaryl/α,β-unsaturated/α-hetero) is 1. The van der Waals surface area contributed by atoms with Gasteiger partial charge < -0.3 is 15.2 Å². The van der Waals surface area contributed by atoms with Gasteiger partial charge in [-0.2, -0.15) is 0 Å². The van der Waals surface area contributed by atoms with Crippen molar-refractivity contribution in [3.63, 3.8) is 0 Å². The van der Waals surface area contributed by atoms with E-state index < -0.39 is 10.8 Å². The van der Waals surface area contributed by atoms with Gasteiger partial charge >= 0.3 is 0 Å². The molecule has 2 heterocycles. The van der Waals surface area contributed by atoms with Crippen LogP contribution in [-0.4, -0.2) is 22.3 Å².